The number of nitrogens with zero attached hydrogens (tertiary/aromatic N) is 2. The molecule has 1 aliphatic carbocycles. The van der Waals surface area contributed by atoms with Gasteiger partial charge in [0.1, 0.15) is 4.91 Å². The zero-order valence-electron chi connectivity index (χ0n) is 16.8. The molecule has 1 N–H and O–H groups in total. The van der Waals surface area contributed by atoms with E-state index in [0.29, 0.717) is 33.2 Å². The number of allylic oxidation sites excluding steroid dienone is 4. The Morgan fingerprint density at radius 3 is 2.72 bits per heavy atom. The van der Waals surface area contributed by atoms with Crippen molar-refractivity contribution in [3.8, 4) is 0 Å². The van der Waals surface area contributed by atoms with Gasteiger partial charge in [0.2, 0.25) is 0 Å². The average molecular weight is 490 g/mol. The summed E-state index contributed by atoms with van der Waals surface area (Å²) in [5.74, 6) is -1.42. The van der Waals surface area contributed by atoms with Gasteiger partial charge in [-0.25, -0.2) is 13.1 Å². The Labute approximate surface area is 194 Å². The second-order valence-electron chi connectivity index (χ2n) is 7.20. The molecule has 0 atom stereocenters. The van der Waals surface area contributed by atoms with Crippen molar-refractivity contribution < 1.29 is 18.0 Å². The van der Waals surface area contributed by atoms with Gasteiger partial charge in [0, 0.05) is 21.9 Å². The first-order valence-corrected chi connectivity index (χ1v) is 11.8. The van der Waals surface area contributed by atoms with E-state index in [1.165, 1.54) is 18.2 Å². The van der Waals surface area contributed by atoms with E-state index in [1.54, 1.807) is 48.0 Å². The minimum Gasteiger partial charge on any atom is -0.293 e. The summed E-state index contributed by atoms with van der Waals surface area (Å²) in [6.07, 6.45) is 4.17. The van der Waals surface area contributed by atoms with Crippen LogP contribution in [-0.2, 0) is 21.4 Å². The van der Waals surface area contributed by atoms with Gasteiger partial charge < -0.3 is 0 Å². The molecule has 0 spiro atoms. The van der Waals surface area contributed by atoms with Gasteiger partial charge in [-0.3, -0.25) is 14.3 Å². The van der Waals surface area contributed by atoms with Gasteiger partial charge in [0.15, 0.2) is 5.78 Å². The van der Waals surface area contributed by atoms with Crippen LogP contribution in [0.3, 0.4) is 0 Å². The van der Waals surface area contributed by atoms with E-state index in [9.17, 15) is 18.0 Å². The van der Waals surface area contributed by atoms with Crippen molar-refractivity contribution in [2.24, 2.45) is 0 Å². The van der Waals surface area contributed by atoms with E-state index in [4.69, 9.17) is 23.2 Å². The van der Waals surface area contributed by atoms with E-state index < -0.39 is 26.6 Å². The number of hydrogen-bond donors (Lipinski definition) is 1. The van der Waals surface area contributed by atoms with Crippen LogP contribution in [0, 0.1) is 6.92 Å². The average Bonchev–Trinajstić information content (AvgIpc) is 3.05. The molecule has 10 heteroatoms. The molecule has 2 aromatic carbocycles. The summed E-state index contributed by atoms with van der Waals surface area (Å²) >= 11 is 12.2. The SMILES string of the molecule is Cc1nn(Cc2ccc(Cl)cc2Cl)c2cccc(C(=O)NS(=O)(=O)C3=CC=CCC3=O)c12. The quantitative estimate of drug-likeness (QED) is 0.579. The molecule has 0 bridgehead atoms. The lowest BCUT2D eigenvalue weighted by Crippen LogP contribution is -2.34. The number of halogens is 2. The second kappa shape index (κ2) is 8.54. The zero-order valence-corrected chi connectivity index (χ0v) is 19.1. The molecule has 0 radical (unpaired) electrons. The normalized spacial score (nSPS) is 14.0. The van der Waals surface area contributed by atoms with Crippen molar-refractivity contribution in [1.82, 2.24) is 14.5 Å². The van der Waals surface area contributed by atoms with Crippen LogP contribution in [0.2, 0.25) is 10.0 Å². The molecular formula is C22H17Cl2N3O4S. The number of Topliss-reactive ketones (excluding diaryl/α,β-unsaturated/α-hetero) is 1. The Balaban J connectivity index is 1.70. The van der Waals surface area contributed by atoms with Crippen LogP contribution < -0.4 is 4.72 Å². The molecular weight excluding hydrogens is 473 g/mol. The standard InChI is InChI=1S/C22H17Cl2N3O4S/c1-13-21-16(22(29)26-32(30,31)20-8-3-2-7-19(20)28)5-4-6-18(21)27(25-13)12-14-9-10-15(23)11-17(14)24/h2-6,8-11H,7,12H2,1H3,(H,26,29). The number of ketones is 1. The Morgan fingerprint density at radius 1 is 1.22 bits per heavy atom. The fourth-order valence-electron chi connectivity index (χ4n) is 3.54. The van der Waals surface area contributed by atoms with E-state index >= 15 is 0 Å². The number of carbonyl (C=O) groups excluding carboxylic acids is 2. The van der Waals surface area contributed by atoms with Crippen LogP contribution in [0.15, 0.2) is 59.5 Å². The second-order valence-corrected chi connectivity index (χ2v) is 9.69. The van der Waals surface area contributed by atoms with Crippen LogP contribution in [0.4, 0.5) is 0 Å². The molecule has 7 nitrogen and oxygen atoms in total. The number of rotatable bonds is 5. The molecule has 3 aromatic rings. The molecule has 1 amide bonds. The third-order valence-electron chi connectivity index (χ3n) is 5.01. The fourth-order valence-corrected chi connectivity index (χ4v) is 5.11. The van der Waals surface area contributed by atoms with Gasteiger partial charge in [-0.05, 0) is 42.8 Å². The van der Waals surface area contributed by atoms with Gasteiger partial charge in [-0.2, -0.15) is 5.10 Å². The van der Waals surface area contributed by atoms with E-state index in [-0.39, 0.29) is 12.0 Å². The summed E-state index contributed by atoms with van der Waals surface area (Å²) in [6, 6.07) is 10.1. The van der Waals surface area contributed by atoms with Crippen molar-refractivity contribution in [3.05, 3.63) is 86.4 Å². The maximum Gasteiger partial charge on any atom is 0.267 e. The number of carbonyl (C=O) groups is 2. The third-order valence-corrected chi connectivity index (χ3v) is 7.00. The first-order chi connectivity index (χ1) is 15.2. The zero-order chi connectivity index (χ0) is 23.0. The molecule has 0 unspecified atom stereocenters. The molecule has 0 saturated carbocycles. The molecule has 0 fully saturated rings. The predicted octanol–water partition coefficient (Wildman–Crippen LogP) is 4.17. The Hall–Kier alpha value is -2.94. The van der Waals surface area contributed by atoms with Crippen molar-refractivity contribution >= 4 is 55.8 Å². The Kier molecular flexibility index (Phi) is 5.94. The topological polar surface area (TPSA) is 98.1 Å². The summed E-state index contributed by atoms with van der Waals surface area (Å²) in [5, 5.41) is 6.02. The highest BCUT2D eigenvalue weighted by molar-refractivity contribution is 7.95. The minimum absolute atomic E-state index is 0.0321. The number of fused-ring (bicyclic) bond motifs is 1. The lowest BCUT2D eigenvalue weighted by Gasteiger charge is -2.11. The maximum absolute atomic E-state index is 12.9. The number of hydrogen-bond acceptors (Lipinski definition) is 5. The number of benzene rings is 2. The summed E-state index contributed by atoms with van der Waals surface area (Å²) < 4.78 is 28.9. The number of aryl methyl sites for hydroxylation is 1. The van der Waals surface area contributed by atoms with Crippen LogP contribution in [0.25, 0.3) is 10.9 Å². The first kappa shape index (κ1) is 22.3. The summed E-state index contributed by atoms with van der Waals surface area (Å²) in [5.41, 5.74) is 2.10. The van der Waals surface area contributed by atoms with Crippen LogP contribution in [-0.4, -0.2) is 29.9 Å². The van der Waals surface area contributed by atoms with Crippen molar-refractivity contribution in [2.75, 3.05) is 0 Å². The highest BCUT2D eigenvalue weighted by atomic mass is 35.5. The number of sulfonamides is 1. The molecule has 1 heterocycles. The Morgan fingerprint density at radius 2 is 2.00 bits per heavy atom. The fraction of sp³-hybridized carbons (Fsp3) is 0.136. The van der Waals surface area contributed by atoms with Gasteiger partial charge in [0.05, 0.1) is 23.3 Å². The van der Waals surface area contributed by atoms with Gasteiger partial charge in [-0.1, -0.05) is 47.5 Å². The van der Waals surface area contributed by atoms with E-state index in [0.717, 1.165) is 5.56 Å². The number of amides is 1. The summed E-state index contributed by atoms with van der Waals surface area (Å²) in [4.78, 5) is 24.4. The largest absolute Gasteiger partial charge is 0.293 e. The molecule has 164 valence electrons. The molecule has 0 aliphatic heterocycles. The molecule has 1 aromatic heterocycles. The maximum atomic E-state index is 12.9. The van der Waals surface area contributed by atoms with Crippen molar-refractivity contribution in [1.29, 1.82) is 0 Å². The van der Waals surface area contributed by atoms with Crippen molar-refractivity contribution in [3.63, 3.8) is 0 Å². The number of aromatic nitrogens is 2. The molecule has 4 rings (SSSR count). The molecule has 1 aliphatic rings. The van der Waals surface area contributed by atoms with Crippen LogP contribution in [0.1, 0.15) is 28.0 Å². The van der Waals surface area contributed by atoms with E-state index in [2.05, 4.69) is 5.10 Å². The minimum atomic E-state index is -4.31. The highest BCUT2D eigenvalue weighted by Crippen LogP contribution is 2.27. The summed E-state index contributed by atoms with van der Waals surface area (Å²) in [6.45, 7) is 2.06. The van der Waals surface area contributed by atoms with Gasteiger partial charge >= 0.3 is 0 Å². The number of nitrogens with one attached hydrogen (secondary N) is 1. The molecule has 0 saturated heterocycles. The van der Waals surface area contributed by atoms with Crippen LogP contribution in [0.5, 0.6) is 0 Å². The Bertz CT molecular complexity index is 1440. The highest BCUT2D eigenvalue weighted by Gasteiger charge is 2.28. The van der Waals surface area contributed by atoms with Gasteiger partial charge in [0.25, 0.3) is 15.9 Å². The van der Waals surface area contributed by atoms with Crippen LogP contribution >= 0.6 is 23.2 Å². The lowest BCUT2D eigenvalue weighted by atomic mass is 10.1. The molecule has 32 heavy (non-hydrogen) atoms. The lowest BCUT2D eigenvalue weighted by molar-refractivity contribution is -0.114. The predicted molar refractivity (Wildman–Crippen MR) is 123 cm³/mol. The third kappa shape index (κ3) is 4.21. The van der Waals surface area contributed by atoms with E-state index in [1.807, 2.05) is 4.72 Å². The van der Waals surface area contributed by atoms with Crippen molar-refractivity contribution in [2.45, 2.75) is 19.9 Å². The van der Waals surface area contributed by atoms with Gasteiger partial charge in [-0.15, -0.1) is 0 Å². The first-order valence-electron chi connectivity index (χ1n) is 9.54. The monoisotopic (exact) mass is 489 g/mol. The smallest absolute Gasteiger partial charge is 0.267 e. The summed E-state index contributed by atoms with van der Waals surface area (Å²) in [7, 11) is -4.31.